The fraction of sp³-hybridized carbons (Fsp3) is 0.400. The van der Waals surface area contributed by atoms with Crippen LogP contribution in [0.25, 0.3) is 0 Å². The summed E-state index contributed by atoms with van der Waals surface area (Å²) in [5.41, 5.74) is 0. The first kappa shape index (κ1) is 8.99. The maximum absolute atomic E-state index is 11.6. The summed E-state index contributed by atoms with van der Waals surface area (Å²) in [6.45, 7) is 0. The Hall–Kier alpha value is -1.58. The van der Waals surface area contributed by atoms with Crippen LogP contribution in [0.1, 0.15) is 19.3 Å². The molecule has 4 nitrogen and oxygen atoms in total. The quantitative estimate of drug-likeness (QED) is 0.684. The summed E-state index contributed by atoms with van der Waals surface area (Å²) >= 11 is 0. The van der Waals surface area contributed by atoms with Crippen molar-refractivity contribution in [3.63, 3.8) is 0 Å². The molecule has 1 aliphatic carbocycles. The summed E-state index contributed by atoms with van der Waals surface area (Å²) in [7, 11) is 0. The molecule has 0 saturated heterocycles. The Bertz CT molecular complexity index is 329. The average Bonchev–Trinajstić information content (AvgIpc) is 2.72. The van der Waals surface area contributed by atoms with Gasteiger partial charge >= 0.3 is 6.03 Å². The lowest BCUT2D eigenvalue weighted by Crippen LogP contribution is -2.37. The molecule has 1 aromatic heterocycles. The average molecular weight is 191 g/mol. The van der Waals surface area contributed by atoms with Gasteiger partial charge in [0.25, 0.3) is 0 Å². The van der Waals surface area contributed by atoms with Crippen molar-refractivity contribution >= 4 is 6.03 Å². The minimum absolute atomic E-state index is 0.0946. The summed E-state index contributed by atoms with van der Waals surface area (Å²) < 4.78 is 1.46. The predicted octanol–water partition coefficient (Wildman–Crippen LogP) is 1.55. The third-order valence-electron chi connectivity index (χ3n) is 2.34. The molecule has 2 rings (SSSR count). The summed E-state index contributed by atoms with van der Waals surface area (Å²) in [6, 6.07) is 0.178. The first-order valence-electron chi connectivity index (χ1n) is 4.80. The molecule has 0 fully saturated rings. The van der Waals surface area contributed by atoms with Gasteiger partial charge in [-0.3, -0.25) is 4.57 Å². The van der Waals surface area contributed by atoms with Gasteiger partial charge in [-0.2, -0.15) is 0 Å². The maximum Gasteiger partial charge on any atom is 0.327 e. The number of nitrogens with zero attached hydrogens (tertiary/aromatic N) is 2. The highest BCUT2D eigenvalue weighted by Gasteiger charge is 2.13. The van der Waals surface area contributed by atoms with E-state index in [1.807, 2.05) is 0 Å². The number of imidazole rings is 1. The topological polar surface area (TPSA) is 46.9 Å². The van der Waals surface area contributed by atoms with Gasteiger partial charge in [-0.1, -0.05) is 12.2 Å². The van der Waals surface area contributed by atoms with Gasteiger partial charge in [0, 0.05) is 18.4 Å². The number of allylic oxidation sites excluding steroid dienone is 1. The molecule has 1 N–H and O–H groups in total. The number of hydrogen-bond acceptors (Lipinski definition) is 2. The molecule has 0 saturated carbocycles. The van der Waals surface area contributed by atoms with Crippen LogP contribution in [0.15, 0.2) is 30.9 Å². The summed E-state index contributed by atoms with van der Waals surface area (Å²) in [6.07, 6.45) is 12.0. The summed E-state index contributed by atoms with van der Waals surface area (Å²) in [5.74, 6) is 0. The second-order valence-corrected chi connectivity index (χ2v) is 3.40. The van der Waals surface area contributed by atoms with E-state index in [1.54, 1.807) is 12.4 Å². The molecule has 0 spiro atoms. The number of nitrogens with one attached hydrogen (secondary N) is 1. The molecule has 1 aliphatic rings. The van der Waals surface area contributed by atoms with Crippen LogP contribution >= 0.6 is 0 Å². The lowest BCUT2D eigenvalue weighted by Gasteiger charge is -2.19. The fourth-order valence-corrected chi connectivity index (χ4v) is 1.55. The van der Waals surface area contributed by atoms with E-state index in [0.717, 1.165) is 19.3 Å². The van der Waals surface area contributed by atoms with Gasteiger partial charge in [-0.15, -0.1) is 0 Å². The van der Waals surface area contributed by atoms with E-state index in [4.69, 9.17) is 0 Å². The first-order valence-corrected chi connectivity index (χ1v) is 4.80. The molecule has 1 amide bonds. The molecule has 0 aliphatic heterocycles. The molecule has 0 radical (unpaired) electrons. The molecular weight excluding hydrogens is 178 g/mol. The normalized spacial score (nSPS) is 20.7. The molecule has 14 heavy (non-hydrogen) atoms. The lowest BCUT2D eigenvalue weighted by molar-refractivity contribution is 0.237. The van der Waals surface area contributed by atoms with Crippen molar-refractivity contribution in [2.24, 2.45) is 0 Å². The molecule has 1 aromatic rings. The van der Waals surface area contributed by atoms with Crippen LogP contribution in [0.3, 0.4) is 0 Å². The second kappa shape index (κ2) is 4.09. The lowest BCUT2D eigenvalue weighted by atomic mass is 10.0. The second-order valence-electron chi connectivity index (χ2n) is 3.40. The van der Waals surface area contributed by atoms with E-state index in [2.05, 4.69) is 22.5 Å². The summed E-state index contributed by atoms with van der Waals surface area (Å²) in [5, 5.41) is 2.95. The molecule has 1 atom stereocenters. The highest BCUT2D eigenvalue weighted by Crippen LogP contribution is 2.10. The molecule has 4 heteroatoms. The zero-order valence-corrected chi connectivity index (χ0v) is 7.89. The van der Waals surface area contributed by atoms with Gasteiger partial charge in [-0.05, 0) is 19.3 Å². The van der Waals surface area contributed by atoms with Gasteiger partial charge in [-0.25, -0.2) is 9.78 Å². The Morgan fingerprint density at radius 3 is 3.07 bits per heavy atom. The van der Waals surface area contributed by atoms with Crippen molar-refractivity contribution in [3.8, 4) is 0 Å². The highest BCUT2D eigenvalue weighted by molar-refractivity contribution is 5.76. The summed E-state index contributed by atoms with van der Waals surface area (Å²) in [4.78, 5) is 15.4. The van der Waals surface area contributed by atoms with E-state index in [1.165, 1.54) is 10.9 Å². The zero-order chi connectivity index (χ0) is 9.80. The molecule has 74 valence electrons. The smallest absolute Gasteiger partial charge is 0.327 e. The van der Waals surface area contributed by atoms with E-state index >= 15 is 0 Å². The monoisotopic (exact) mass is 191 g/mol. The fourth-order valence-electron chi connectivity index (χ4n) is 1.55. The highest BCUT2D eigenvalue weighted by atomic mass is 16.2. The minimum Gasteiger partial charge on any atom is -0.334 e. The maximum atomic E-state index is 11.6. The van der Waals surface area contributed by atoms with Crippen molar-refractivity contribution in [2.45, 2.75) is 25.3 Å². The van der Waals surface area contributed by atoms with Crippen LogP contribution in [0, 0.1) is 0 Å². The van der Waals surface area contributed by atoms with Crippen molar-refractivity contribution in [2.75, 3.05) is 0 Å². The number of hydrogen-bond donors (Lipinski definition) is 1. The number of amides is 1. The molecule has 0 aromatic carbocycles. The molecule has 0 bridgehead atoms. The Morgan fingerprint density at radius 2 is 2.43 bits per heavy atom. The Kier molecular flexibility index (Phi) is 2.62. The Labute approximate surface area is 82.6 Å². The van der Waals surface area contributed by atoms with Crippen LogP contribution in [0.2, 0.25) is 0 Å². The molecular formula is C10H13N3O. The minimum atomic E-state index is -0.0946. The van der Waals surface area contributed by atoms with E-state index < -0.39 is 0 Å². The van der Waals surface area contributed by atoms with Gasteiger partial charge in [0.2, 0.25) is 0 Å². The number of carbonyl (C=O) groups excluding carboxylic acids is 1. The van der Waals surface area contributed by atoms with Crippen LogP contribution < -0.4 is 5.32 Å². The standard InChI is InChI=1S/C10H13N3O/c14-10(13-7-6-11-8-13)12-9-4-2-1-3-5-9/h1-2,6-9H,3-5H2,(H,12,14). The van der Waals surface area contributed by atoms with Crippen molar-refractivity contribution < 1.29 is 4.79 Å². The van der Waals surface area contributed by atoms with Gasteiger partial charge in [0.1, 0.15) is 6.33 Å². The van der Waals surface area contributed by atoms with E-state index in [0.29, 0.717) is 0 Å². The predicted molar refractivity (Wildman–Crippen MR) is 52.9 cm³/mol. The Balaban J connectivity index is 1.91. The largest absolute Gasteiger partial charge is 0.334 e. The number of aromatic nitrogens is 2. The molecule has 1 heterocycles. The van der Waals surface area contributed by atoms with Gasteiger partial charge < -0.3 is 5.32 Å². The zero-order valence-electron chi connectivity index (χ0n) is 7.89. The van der Waals surface area contributed by atoms with E-state index in [-0.39, 0.29) is 12.1 Å². The van der Waals surface area contributed by atoms with E-state index in [9.17, 15) is 4.79 Å². The van der Waals surface area contributed by atoms with Crippen LogP contribution in [-0.2, 0) is 0 Å². The van der Waals surface area contributed by atoms with Crippen molar-refractivity contribution in [1.29, 1.82) is 0 Å². The third-order valence-corrected chi connectivity index (χ3v) is 2.34. The first-order chi connectivity index (χ1) is 6.86. The van der Waals surface area contributed by atoms with Crippen LogP contribution in [-0.4, -0.2) is 21.6 Å². The number of rotatable bonds is 1. The van der Waals surface area contributed by atoms with Gasteiger partial charge in [0.05, 0.1) is 0 Å². The van der Waals surface area contributed by atoms with Crippen molar-refractivity contribution in [3.05, 3.63) is 30.9 Å². The third kappa shape index (κ3) is 2.02. The Morgan fingerprint density at radius 1 is 1.50 bits per heavy atom. The van der Waals surface area contributed by atoms with Crippen LogP contribution in [0.4, 0.5) is 4.79 Å². The molecule has 1 unspecified atom stereocenters. The van der Waals surface area contributed by atoms with Crippen molar-refractivity contribution in [1.82, 2.24) is 14.9 Å². The van der Waals surface area contributed by atoms with Gasteiger partial charge in [0.15, 0.2) is 0 Å². The SMILES string of the molecule is O=C(NC1CC=CCC1)n1ccnc1. The van der Waals surface area contributed by atoms with Crippen LogP contribution in [0.5, 0.6) is 0 Å². The number of carbonyl (C=O) groups is 1.